The SMILES string of the molecule is Cc1ccc(-n2nc(C(=O)NCCN(C)C)c(=O)n(Cc3ccccc3)c2=O)cc1. The van der Waals surface area contributed by atoms with E-state index in [0.29, 0.717) is 18.8 Å². The molecule has 30 heavy (non-hydrogen) atoms. The van der Waals surface area contributed by atoms with Crippen molar-refractivity contribution in [3.8, 4) is 5.69 Å². The summed E-state index contributed by atoms with van der Waals surface area (Å²) in [6, 6.07) is 16.3. The van der Waals surface area contributed by atoms with Crippen LogP contribution in [0, 0.1) is 6.92 Å². The molecular weight excluding hydrogens is 382 g/mol. The molecule has 1 N–H and O–H groups in total. The zero-order valence-electron chi connectivity index (χ0n) is 17.3. The van der Waals surface area contributed by atoms with Crippen LogP contribution < -0.4 is 16.6 Å². The number of hydrogen-bond acceptors (Lipinski definition) is 5. The highest BCUT2D eigenvalue weighted by molar-refractivity contribution is 5.91. The monoisotopic (exact) mass is 407 g/mol. The highest BCUT2D eigenvalue weighted by Gasteiger charge is 2.20. The molecule has 0 unspecified atom stereocenters. The Morgan fingerprint density at radius 1 is 1.03 bits per heavy atom. The van der Waals surface area contributed by atoms with Crippen molar-refractivity contribution >= 4 is 5.91 Å². The Morgan fingerprint density at radius 2 is 1.70 bits per heavy atom. The summed E-state index contributed by atoms with van der Waals surface area (Å²) in [7, 11) is 3.77. The van der Waals surface area contributed by atoms with Gasteiger partial charge < -0.3 is 10.2 Å². The number of aromatic nitrogens is 3. The Labute approximate surface area is 174 Å². The van der Waals surface area contributed by atoms with E-state index in [2.05, 4.69) is 10.4 Å². The van der Waals surface area contributed by atoms with Crippen LogP contribution in [0.4, 0.5) is 0 Å². The molecule has 0 saturated heterocycles. The molecule has 0 atom stereocenters. The van der Waals surface area contributed by atoms with Gasteiger partial charge in [-0.05, 0) is 38.7 Å². The van der Waals surface area contributed by atoms with Gasteiger partial charge in [0.25, 0.3) is 11.5 Å². The number of aryl methyl sites for hydroxylation is 1. The summed E-state index contributed by atoms with van der Waals surface area (Å²) >= 11 is 0. The number of nitrogens with one attached hydrogen (secondary N) is 1. The lowest BCUT2D eigenvalue weighted by Crippen LogP contribution is -2.46. The maximum absolute atomic E-state index is 13.1. The van der Waals surface area contributed by atoms with E-state index in [1.165, 1.54) is 0 Å². The van der Waals surface area contributed by atoms with Crippen molar-refractivity contribution in [2.75, 3.05) is 27.2 Å². The van der Waals surface area contributed by atoms with Gasteiger partial charge in [-0.2, -0.15) is 9.78 Å². The van der Waals surface area contributed by atoms with Crippen molar-refractivity contribution in [1.82, 2.24) is 24.6 Å². The standard InChI is InChI=1S/C22H25N5O3/c1-16-9-11-18(12-10-16)27-22(30)26(15-17-7-5-4-6-8-17)21(29)19(24-27)20(28)23-13-14-25(2)3/h4-12H,13-15H2,1-3H3,(H,23,28). The molecule has 0 aliphatic rings. The van der Waals surface area contributed by atoms with Gasteiger partial charge in [0.2, 0.25) is 5.69 Å². The summed E-state index contributed by atoms with van der Waals surface area (Å²) in [5.41, 5.74) is 0.648. The first kappa shape index (κ1) is 21.2. The zero-order valence-corrected chi connectivity index (χ0v) is 17.3. The summed E-state index contributed by atoms with van der Waals surface area (Å²) in [6.07, 6.45) is 0. The van der Waals surface area contributed by atoms with Crippen LogP contribution >= 0.6 is 0 Å². The molecule has 3 aromatic rings. The molecule has 1 aromatic heterocycles. The number of carbonyl (C=O) groups is 1. The number of likely N-dealkylation sites (N-methyl/N-ethyl adjacent to an activating group) is 1. The van der Waals surface area contributed by atoms with Crippen LogP contribution in [-0.4, -0.2) is 52.3 Å². The van der Waals surface area contributed by atoms with Crippen molar-refractivity contribution in [3.05, 3.63) is 92.3 Å². The van der Waals surface area contributed by atoms with Gasteiger partial charge in [0.05, 0.1) is 12.2 Å². The summed E-state index contributed by atoms with van der Waals surface area (Å²) < 4.78 is 2.15. The smallest absolute Gasteiger partial charge is 0.349 e. The van der Waals surface area contributed by atoms with Crippen LogP contribution in [0.15, 0.2) is 64.2 Å². The Morgan fingerprint density at radius 3 is 2.33 bits per heavy atom. The lowest BCUT2D eigenvalue weighted by molar-refractivity contribution is 0.0941. The van der Waals surface area contributed by atoms with E-state index in [-0.39, 0.29) is 12.2 Å². The number of benzene rings is 2. The average Bonchev–Trinajstić information content (AvgIpc) is 2.72. The fourth-order valence-electron chi connectivity index (χ4n) is 2.89. The number of hydrogen-bond donors (Lipinski definition) is 1. The summed E-state index contributed by atoms with van der Waals surface area (Å²) in [5, 5.41) is 6.81. The molecule has 156 valence electrons. The molecule has 8 heteroatoms. The molecule has 2 aromatic carbocycles. The van der Waals surface area contributed by atoms with Gasteiger partial charge in [-0.1, -0.05) is 48.0 Å². The van der Waals surface area contributed by atoms with E-state index < -0.39 is 17.2 Å². The lowest BCUT2D eigenvalue weighted by Gasteiger charge is -2.13. The van der Waals surface area contributed by atoms with Crippen molar-refractivity contribution in [3.63, 3.8) is 0 Å². The molecule has 0 aliphatic heterocycles. The molecule has 0 aliphatic carbocycles. The van der Waals surface area contributed by atoms with Crippen LogP contribution in [0.2, 0.25) is 0 Å². The largest absolute Gasteiger partial charge is 0.352 e. The number of nitrogens with zero attached hydrogens (tertiary/aromatic N) is 4. The van der Waals surface area contributed by atoms with E-state index >= 15 is 0 Å². The maximum atomic E-state index is 13.1. The van der Waals surface area contributed by atoms with E-state index in [9.17, 15) is 14.4 Å². The van der Waals surface area contributed by atoms with E-state index in [1.54, 1.807) is 12.1 Å². The number of carbonyl (C=O) groups excluding carboxylic acids is 1. The van der Waals surface area contributed by atoms with Gasteiger partial charge in [0, 0.05) is 13.1 Å². The Balaban J connectivity index is 2.09. The molecule has 0 fully saturated rings. The minimum Gasteiger partial charge on any atom is -0.349 e. The minimum atomic E-state index is -0.713. The van der Waals surface area contributed by atoms with Gasteiger partial charge in [0.1, 0.15) is 0 Å². The number of rotatable bonds is 7. The zero-order chi connectivity index (χ0) is 21.7. The topological polar surface area (TPSA) is 89.2 Å². The highest BCUT2D eigenvalue weighted by atomic mass is 16.2. The highest BCUT2D eigenvalue weighted by Crippen LogP contribution is 2.06. The van der Waals surface area contributed by atoms with E-state index in [4.69, 9.17) is 0 Å². The van der Waals surface area contributed by atoms with Crippen molar-refractivity contribution in [2.24, 2.45) is 0 Å². The normalized spacial score (nSPS) is 10.9. The van der Waals surface area contributed by atoms with Crippen molar-refractivity contribution in [2.45, 2.75) is 13.5 Å². The molecule has 8 nitrogen and oxygen atoms in total. The predicted octanol–water partition coefficient (Wildman–Crippen LogP) is 1.04. The molecular formula is C22H25N5O3. The number of amides is 1. The second kappa shape index (κ2) is 9.32. The average molecular weight is 407 g/mol. The second-order valence-electron chi connectivity index (χ2n) is 7.31. The maximum Gasteiger partial charge on any atom is 0.352 e. The Hall–Kier alpha value is -3.52. The van der Waals surface area contributed by atoms with Gasteiger partial charge in [-0.15, -0.1) is 0 Å². The lowest BCUT2D eigenvalue weighted by atomic mass is 10.2. The predicted molar refractivity (Wildman–Crippen MR) is 115 cm³/mol. The molecule has 0 saturated carbocycles. The fraction of sp³-hybridized carbons (Fsp3) is 0.273. The van der Waals surface area contributed by atoms with Gasteiger partial charge in [0.15, 0.2) is 0 Å². The Bertz CT molecular complexity index is 1130. The summed E-state index contributed by atoms with van der Waals surface area (Å²) in [4.78, 5) is 40.7. The van der Waals surface area contributed by atoms with Crippen LogP contribution in [0.1, 0.15) is 21.6 Å². The fourth-order valence-corrected chi connectivity index (χ4v) is 2.89. The third-order valence-electron chi connectivity index (χ3n) is 4.58. The third kappa shape index (κ3) is 4.90. The van der Waals surface area contributed by atoms with Crippen LogP contribution in [0.3, 0.4) is 0 Å². The first-order chi connectivity index (χ1) is 14.4. The molecule has 0 radical (unpaired) electrons. The first-order valence-corrected chi connectivity index (χ1v) is 9.65. The van der Waals surface area contributed by atoms with Gasteiger partial charge in [-0.25, -0.2) is 4.79 Å². The van der Waals surface area contributed by atoms with Crippen molar-refractivity contribution in [1.29, 1.82) is 0 Å². The van der Waals surface area contributed by atoms with Gasteiger partial charge >= 0.3 is 5.69 Å². The third-order valence-corrected chi connectivity index (χ3v) is 4.58. The minimum absolute atomic E-state index is 0.0465. The molecule has 1 amide bonds. The summed E-state index contributed by atoms with van der Waals surface area (Å²) in [5.74, 6) is -0.607. The Kier molecular flexibility index (Phi) is 6.58. The summed E-state index contributed by atoms with van der Waals surface area (Å²) in [6.45, 7) is 2.95. The quantitative estimate of drug-likeness (QED) is 0.632. The van der Waals surface area contributed by atoms with Crippen LogP contribution in [0.25, 0.3) is 5.69 Å². The van der Waals surface area contributed by atoms with Crippen LogP contribution in [-0.2, 0) is 6.54 Å². The first-order valence-electron chi connectivity index (χ1n) is 9.65. The van der Waals surface area contributed by atoms with Crippen molar-refractivity contribution < 1.29 is 4.79 Å². The van der Waals surface area contributed by atoms with Gasteiger partial charge in [-0.3, -0.25) is 14.2 Å². The van der Waals surface area contributed by atoms with Crippen LogP contribution in [0.5, 0.6) is 0 Å². The molecule has 0 spiro atoms. The molecule has 0 bridgehead atoms. The van der Waals surface area contributed by atoms with E-state index in [0.717, 1.165) is 20.4 Å². The second-order valence-corrected chi connectivity index (χ2v) is 7.31. The van der Waals surface area contributed by atoms with E-state index in [1.807, 2.05) is 68.4 Å². The molecule has 1 heterocycles. The molecule has 3 rings (SSSR count).